The summed E-state index contributed by atoms with van der Waals surface area (Å²) in [5.74, 6) is 1.12. The minimum atomic E-state index is -0.167. The highest BCUT2D eigenvalue weighted by Crippen LogP contribution is 2.37. The third kappa shape index (κ3) is 6.20. The molecule has 0 aliphatic heterocycles. The van der Waals surface area contributed by atoms with Gasteiger partial charge >= 0.3 is 0 Å². The molecule has 0 bridgehead atoms. The second-order valence-electron chi connectivity index (χ2n) is 6.55. The molecule has 1 N–H and O–H groups in total. The Hall–Kier alpha value is -2.08. The molecule has 0 aliphatic carbocycles. The molecule has 6 heteroatoms. The lowest BCUT2D eigenvalue weighted by Crippen LogP contribution is -2.17. The van der Waals surface area contributed by atoms with Gasteiger partial charge in [0.05, 0.1) is 11.6 Å². The molecule has 0 saturated carbocycles. The third-order valence-corrected chi connectivity index (χ3v) is 5.24. The summed E-state index contributed by atoms with van der Waals surface area (Å²) in [6, 6.07) is 18.3. The van der Waals surface area contributed by atoms with E-state index >= 15 is 0 Å². The van der Waals surface area contributed by atoms with E-state index < -0.39 is 0 Å². The normalized spacial score (nSPS) is 10.8. The van der Waals surface area contributed by atoms with Gasteiger partial charge in [-0.05, 0) is 75.9 Å². The molecule has 29 heavy (non-hydrogen) atoms. The Morgan fingerprint density at radius 2 is 1.86 bits per heavy atom. The smallest absolute Gasteiger partial charge is 0.175 e. The van der Waals surface area contributed by atoms with Crippen LogP contribution in [0.1, 0.15) is 16.7 Å². The van der Waals surface area contributed by atoms with Crippen molar-refractivity contribution in [3.63, 3.8) is 0 Å². The summed E-state index contributed by atoms with van der Waals surface area (Å²) in [5.41, 5.74) is 2.73. The number of halogens is 3. The van der Waals surface area contributed by atoms with Crippen LogP contribution in [0.4, 0.5) is 4.39 Å². The Morgan fingerprint density at radius 1 is 1.03 bits per heavy atom. The number of hydrogen-bond acceptors (Lipinski definition) is 3. The molecule has 0 amide bonds. The van der Waals surface area contributed by atoms with Crippen molar-refractivity contribution >= 4 is 27.5 Å². The summed E-state index contributed by atoms with van der Waals surface area (Å²) < 4.78 is 26.0. The maximum atomic E-state index is 13.7. The van der Waals surface area contributed by atoms with Crippen molar-refractivity contribution in [3.05, 3.63) is 92.7 Å². The second kappa shape index (κ2) is 10.6. The highest BCUT2D eigenvalue weighted by Gasteiger charge is 2.12. The Balaban J connectivity index is 1.59. The van der Waals surface area contributed by atoms with E-state index in [2.05, 4.69) is 21.2 Å². The van der Waals surface area contributed by atoms with Gasteiger partial charge in [-0.25, -0.2) is 4.39 Å². The topological polar surface area (TPSA) is 30.5 Å². The van der Waals surface area contributed by atoms with Crippen molar-refractivity contribution in [1.82, 2.24) is 5.32 Å². The fraction of sp³-hybridized carbons (Fsp3) is 0.217. The zero-order valence-corrected chi connectivity index (χ0v) is 18.4. The molecule has 0 heterocycles. The molecule has 0 atom stereocenters. The third-order valence-electron chi connectivity index (χ3n) is 4.42. The Kier molecular flexibility index (Phi) is 7.92. The number of nitrogens with one attached hydrogen (secondary N) is 1. The van der Waals surface area contributed by atoms with Gasteiger partial charge in [-0.15, -0.1) is 0 Å². The minimum Gasteiger partial charge on any atom is -0.493 e. The van der Waals surface area contributed by atoms with Crippen LogP contribution < -0.4 is 14.8 Å². The maximum absolute atomic E-state index is 13.7. The van der Waals surface area contributed by atoms with E-state index in [4.69, 9.17) is 21.1 Å². The lowest BCUT2D eigenvalue weighted by molar-refractivity contribution is 0.282. The zero-order chi connectivity index (χ0) is 20.6. The Morgan fingerprint density at radius 3 is 2.62 bits per heavy atom. The summed E-state index contributed by atoms with van der Waals surface area (Å²) in [4.78, 5) is 0. The molecule has 0 unspecified atom stereocenters. The molecule has 0 fully saturated rings. The average molecular weight is 479 g/mol. The summed E-state index contributed by atoms with van der Waals surface area (Å²) >= 11 is 9.60. The Bertz CT molecular complexity index is 967. The van der Waals surface area contributed by atoms with Gasteiger partial charge in [-0.2, -0.15) is 0 Å². The van der Waals surface area contributed by atoms with Crippen LogP contribution in [0.2, 0.25) is 5.02 Å². The van der Waals surface area contributed by atoms with Gasteiger partial charge in [0.2, 0.25) is 0 Å². The van der Waals surface area contributed by atoms with Crippen LogP contribution in [-0.4, -0.2) is 13.7 Å². The summed E-state index contributed by atoms with van der Waals surface area (Å²) in [5, 5.41) is 4.02. The molecular weight excluding hydrogens is 457 g/mol. The molecule has 152 valence electrons. The predicted molar refractivity (Wildman–Crippen MR) is 118 cm³/mol. The van der Waals surface area contributed by atoms with Crippen molar-refractivity contribution in [2.75, 3.05) is 13.7 Å². The first kappa shape index (κ1) is 21.6. The van der Waals surface area contributed by atoms with Crippen molar-refractivity contribution in [3.8, 4) is 11.5 Å². The molecule has 3 nitrogen and oxygen atoms in total. The second-order valence-corrected chi connectivity index (χ2v) is 7.84. The van der Waals surface area contributed by atoms with Crippen LogP contribution >= 0.6 is 27.5 Å². The van der Waals surface area contributed by atoms with E-state index in [1.54, 1.807) is 13.2 Å². The van der Waals surface area contributed by atoms with Gasteiger partial charge in [0.25, 0.3) is 0 Å². The molecular formula is C23H22BrClFNO2. The van der Waals surface area contributed by atoms with E-state index in [-0.39, 0.29) is 5.82 Å². The van der Waals surface area contributed by atoms with Gasteiger partial charge in [-0.3, -0.25) is 0 Å². The van der Waals surface area contributed by atoms with Crippen molar-refractivity contribution in [2.45, 2.75) is 19.6 Å². The highest BCUT2D eigenvalue weighted by molar-refractivity contribution is 9.10. The SMILES string of the molecule is COc1cc(CNCCc2ccccc2F)cc(Br)c1OCc1cccc(Cl)c1. The number of benzene rings is 3. The monoisotopic (exact) mass is 477 g/mol. The molecule has 0 radical (unpaired) electrons. The lowest BCUT2D eigenvalue weighted by Gasteiger charge is -2.15. The standard InChI is InChI=1S/C23H22BrClFNO2/c1-28-22-13-17(14-27-10-9-18-6-2-3-8-21(18)26)12-20(24)23(22)29-15-16-5-4-7-19(25)11-16/h2-8,11-13,27H,9-10,14-15H2,1H3. The molecule has 0 spiro atoms. The first-order valence-corrected chi connectivity index (χ1v) is 10.4. The maximum Gasteiger partial charge on any atom is 0.175 e. The average Bonchev–Trinajstić information content (AvgIpc) is 2.71. The van der Waals surface area contributed by atoms with Crippen LogP contribution in [0.3, 0.4) is 0 Å². The van der Waals surface area contributed by atoms with E-state index in [0.29, 0.717) is 48.2 Å². The first-order chi connectivity index (χ1) is 14.1. The van der Waals surface area contributed by atoms with Crippen LogP contribution in [-0.2, 0) is 19.6 Å². The van der Waals surface area contributed by atoms with Gasteiger partial charge in [0.1, 0.15) is 12.4 Å². The molecule has 0 saturated heterocycles. The number of hydrogen-bond donors (Lipinski definition) is 1. The van der Waals surface area contributed by atoms with Crippen molar-refractivity contribution in [1.29, 1.82) is 0 Å². The first-order valence-electron chi connectivity index (χ1n) is 9.24. The summed E-state index contributed by atoms with van der Waals surface area (Å²) in [6.07, 6.45) is 0.631. The molecule has 3 rings (SSSR count). The molecule has 3 aromatic rings. The number of ether oxygens (including phenoxy) is 2. The van der Waals surface area contributed by atoms with Crippen LogP contribution in [0.25, 0.3) is 0 Å². The van der Waals surface area contributed by atoms with E-state index in [0.717, 1.165) is 15.6 Å². The summed E-state index contributed by atoms with van der Waals surface area (Å²) in [6.45, 7) is 1.70. The van der Waals surface area contributed by atoms with Crippen LogP contribution in [0.5, 0.6) is 11.5 Å². The quantitative estimate of drug-likeness (QED) is 0.374. The van der Waals surface area contributed by atoms with Crippen LogP contribution in [0, 0.1) is 5.82 Å². The van der Waals surface area contributed by atoms with Gasteiger partial charge in [0, 0.05) is 11.6 Å². The van der Waals surface area contributed by atoms with Gasteiger partial charge in [0.15, 0.2) is 11.5 Å². The molecule has 3 aromatic carbocycles. The fourth-order valence-electron chi connectivity index (χ4n) is 2.95. The summed E-state index contributed by atoms with van der Waals surface area (Å²) in [7, 11) is 1.61. The van der Waals surface area contributed by atoms with E-state index in [1.165, 1.54) is 6.07 Å². The number of rotatable bonds is 9. The van der Waals surface area contributed by atoms with Crippen LogP contribution in [0.15, 0.2) is 65.1 Å². The zero-order valence-electron chi connectivity index (χ0n) is 16.1. The highest BCUT2D eigenvalue weighted by atomic mass is 79.9. The molecule has 0 aromatic heterocycles. The van der Waals surface area contributed by atoms with Gasteiger partial charge in [-0.1, -0.05) is 41.9 Å². The number of methoxy groups -OCH3 is 1. The molecule has 0 aliphatic rings. The Labute approximate surface area is 183 Å². The minimum absolute atomic E-state index is 0.167. The lowest BCUT2D eigenvalue weighted by atomic mass is 10.1. The van der Waals surface area contributed by atoms with Crippen molar-refractivity contribution < 1.29 is 13.9 Å². The predicted octanol–water partition coefficient (Wildman–Crippen LogP) is 6.16. The fourth-order valence-corrected chi connectivity index (χ4v) is 3.77. The largest absolute Gasteiger partial charge is 0.493 e. The van der Waals surface area contributed by atoms with Crippen molar-refractivity contribution in [2.24, 2.45) is 0 Å². The van der Waals surface area contributed by atoms with E-state index in [9.17, 15) is 4.39 Å². The van der Waals surface area contributed by atoms with E-state index in [1.807, 2.05) is 48.5 Å². The van der Waals surface area contributed by atoms with Gasteiger partial charge < -0.3 is 14.8 Å².